The molecule has 1 aliphatic heterocycles. The number of hydrogen-bond acceptors (Lipinski definition) is 2. The number of hydrogen-bond donors (Lipinski definition) is 0. The highest BCUT2D eigenvalue weighted by Gasteiger charge is 2.22. The van der Waals surface area contributed by atoms with E-state index in [4.69, 9.17) is 4.74 Å². The average Bonchev–Trinajstić information content (AvgIpc) is 2.45. The number of benzene rings is 2. The zero-order valence-corrected chi connectivity index (χ0v) is 10.1. The molecule has 0 aromatic heterocycles. The molecule has 0 amide bonds. The van der Waals surface area contributed by atoms with Crippen LogP contribution >= 0.6 is 0 Å². The Hall–Kier alpha value is -2.42. The minimum atomic E-state index is -0.293. The predicted octanol–water partition coefficient (Wildman–Crippen LogP) is 3.48. The number of carbonyl (C=O) groups excluding carboxylic acids is 1. The van der Waals surface area contributed by atoms with Crippen molar-refractivity contribution in [3.8, 4) is 5.75 Å². The number of para-hydroxylation sites is 1. The van der Waals surface area contributed by atoms with E-state index < -0.39 is 0 Å². The van der Waals surface area contributed by atoms with Crippen LogP contribution in [-0.4, -0.2) is 12.4 Å². The minimum Gasteiger partial charge on any atom is -0.488 e. The molecule has 19 heavy (non-hydrogen) atoms. The van der Waals surface area contributed by atoms with Gasteiger partial charge in [0.25, 0.3) is 0 Å². The summed E-state index contributed by atoms with van der Waals surface area (Å²) in [4.78, 5) is 12.3. The third-order valence-electron chi connectivity index (χ3n) is 3.02. The van der Waals surface area contributed by atoms with Crippen molar-refractivity contribution in [1.29, 1.82) is 0 Å². The SMILES string of the molecule is O=C1/C(=C\c2ccc(F)cc2)COc2ccccc21. The van der Waals surface area contributed by atoms with Crippen molar-refractivity contribution >= 4 is 11.9 Å². The molecule has 3 rings (SSSR count). The zero-order valence-electron chi connectivity index (χ0n) is 10.1. The second kappa shape index (κ2) is 4.69. The van der Waals surface area contributed by atoms with Gasteiger partial charge in [-0.3, -0.25) is 4.79 Å². The highest BCUT2D eigenvalue weighted by molar-refractivity contribution is 6.14. The molecule has 0 saturated heterocycles. The maximum atomic E-state index is 12.8. The molecule has 0 radical (unpaired) electrons. The van der Waals surface area contributed by atoms with Gasteiger partial charge in [0.1, 0.15) is 18.2 Å². The van der Waals surface area contributed by atoms with E-state index in [-0.39, 0.29) is 18.2 Å². The van der Waals surface area contributed by atoms with Crippen molar-refractivity contribution in [2.75, 3.05) is 6.61 Å². The van der Waals surface area contributed by atoms with Crippen LogP contribution in [0.1, 0.15) is 15.9 Å². The highest BCUT2D eigenvalue weighted by Crippen LogP contribution is 2.27. The van der Waals surface area contributed by atoms with Crippen molar-refractivity contribution in [3.05, 3.63) is 71.0 Å². The molecule has 0 fully saturated rings. The number of carbonyl (C=O) groups is 1. The van der Waals surface area contributed by atoms with Gasteiger partial charge in [0.05, 0.1) is 5.56 Å². The predicted molar refractivity (Wildman–Crippen MR) is 70.6 cm³/mol. The average molecular weight is 254 g/mol. The first-order valence-corrected chi connectivity index (χ1v) is 5.97. The summed E-state index contributed by atoms with van der Waals surface area (Å²) in [6.45, 7) is 0.243. The van der Waals surface area contributed by atoms with E-state index in [1.807, 2.05) is 6.07 Å². The third kappa shape index (κ3) is 2.27. The van der Waals surface area contributed by atoms with Crippen LogP contribution in [0.2, 0.25) is 0 Å². The summed E-state index contributed by atoms with van der Waals surface area (Å²) in [5.74, 6) is 0.286. The van der Waals surface area contributed by atoms with Gasteiger partial charge in [-0.15, -0.1) is 0 Å². The summed E-state index contributed by atoms with van der Waals surface area (Å²) in [7, 11) is 0. The second-order valence-electron chi connectivity index (χ2n) is 4.34. The fourth-order valence-corrected chi connectivity index (χ4v) is 2.04. The highest BCUT2D eigenvalue weighted by atomic mass is 19.1. The topological polar surface area (TPSA) is 26.3 Å². The van der Waals surface area contributed by atoms with Crippen LogP contribution in [0.25, 0.3) is 6.08 Å². The number of Topliss-reactive ketones (excluding diaryl/α,β-unsaturated/α-hetero) is 1. The van der Waals surface area contributed by atoms with Crippen molar-refractivity contribution in [1.82, 2.24) is 0 Å². The molecule has 2 nitrogen and oxygen atoms in total. The molecular weight excluding hydrogens is 243 g/mol. The van der Waals surface area contributed by atoms with Gasteiger partial charge in [0.2, 0.25) is 0 Å². The summed E-state index contributed by atoms with van der Waals surface area (Å²) in [5.41, 5.74) is 1.93. The Labute approximate surface area is 110 Å². The fourth-order valence-electron chi connectivity index (χ4n) is 2.04. The summed E-state index contributed by atoms with van der Waals surface area (Å²) in [6.07, 6.45) is 1.73. The zero-order chi connectivity index (χ0) is 13.2. The number of rotatable bonds is 1. The molecule has 1 aliphatic rings. The van der Waals surface area contributed by atoms with Crippen LogP contribution in [0.5, 0.6) is 5.75 Å². The normalized spacial score (nSPS) is 16.1. The van der Waals surface area contributed by atoms with Crippen molar-refractivity contribution in [2.45, 2.75) is 0 Å². The van der Waals surface area contributed by atoms with Crippen LogP contribution in [-0.2, 0) is 0 Å². The molecule has 0 unspecified atom stereocenters. The number of halogens is 1. The Morgan fingerprint density at radius 3 is 2.58 bits per heavy atom. The maximum Gasteiger partial charge on any atom is 0.196 e. The molecule has 0 saturated carbocycles. The molecule has 94 valence electrons. The van der Waals surface area contributed by atoms with Gasteiger partial charge in [-0.1, -0.05) is 24.3 Å². The van der Waals surface area contributed by atoms with E-state index in [9.17, 15) is 9.18 Å². The number of ketones is 1. The molecule has 2 aromatic carbocycles. The first kappa shape index (κ1) is 11.7. The lowest BCUT2D eigenvalue weighted by atomic mass is 9.98. The maximum absolute atomic E-state index is 12.8. The smallest absolute Gasteiger partial charge is 0.196 e. The fraction of sp³-hybridized carbons (Fsp3) is 0.0625. The standard InChI is InChI=1S/C16H11FO2/c17-13-7-5-11(6-8-13)9-12-10-19-15-4-2-1-3-14(15)16(12)18/h1-9H,10H2/b12-9-. The third-order valence-corrected chi connectivity index (χ3v) is 3.02. The van der Waals surface area contributed by atoms with Gasteiger partial charge < -0.3 is 4.74 Å². The Kier molecular flexibility index (Phi) is 2.88. The lowest BCUT2D eigenvalue weighted by molar-refractivity contribution is 0.100. The number of ether oxygens (including phenoxy) is 1. The largest absolute Gasteiger partial charge is 0.488 e. The van der Waals surface area contributed by atoms with Crippen molar-refractivity contribution in [3.63, 3.8) is 0 Å². The Morgan fingerprint density at radius 2 is 1.79 bits per heavy atom. The van der Waals surface area contributed by atoms with Gasteiger partial charge in [-0.2, -0.15) is 0 Å². The molecule has 0 bridgehead atoms. The van der Waals surface area contributed by atoms with Crippen LogP contribution in [0.15, 0.2) is 54.1 Å². The summed E-state index contributed by atoms with van der Waals surface area (Å²) in [5, 5.41) is 0. The van der Waals surface area contributed by atoms with E-state index in [2.05, 4.69) is 0 Å². The lowest BCUT2D eigenvalue weighted by Gasteiger charge is -2.18. The summed E-state index contributed by atoms with van der Waals surface area (Å²) in [6, 6.07) is 13.2. The van der Waals surface area contributed by atoms with Gasteiger partial charge in [0.15, 0.2) is 5.78 Å². The van der Waals surface area contributed by atoms with Gasteiger partial charge in [-0.25, -0.2) is 4.39 Å². The van der Waals surface area contributed by atoms with Gasteiger partial charge >= 0.3 is 0 Å². The lowest BCUT2D eigenvalue weighted by Crippen LogP contribution is -2.18. The molecule has 0 spiro atoms. The summed E-state index contributed by atoms with van der Waals surface area (Å²) < 4.78 is 18.4. The van der Waals surface area contributed by atoms with Gasteiger partial charge in [0, 0.05) is 5.57 Å². The van der Waals surface area contributed by atoms with Crippen LogP contribution in [0, 0.1) is 5.82 Å². The van der Waals surface area contributed by atoms with E-state index in [1.54, 1.807) is 36.4 Å². The van der Waals surface area contributed by atoms with E-state index in [0.717, 1.165) is 5.56 Å². The molecule has 0 aliphatic carbocycles. The Morgan fingerprint density at radius 1 is 1.05 bits per heavy atom. The molecule has 0 N–H and O–H groups in total. The van der Waals surface area contributed by atoms with E-state index in [1.165, 1.54) is 12.1 Å². The molecule has 1 heterocycles. The van der Waals surface area contributed by atoms with E-state index in [0.29, 0.717) is 16.9 Å². The molecule has 3 heteroatoms. The van der Waals surface area contributed by atoms with E-state index >= 15 is 0 Å². The quantitative estimate of drug-likeness (QED) is 0.728. The first-order valence-electron chi connectivity index (χ1n) is 5.97. The second-order valence-corrected chi connectivity index (χ2v) is 4.34. The Balaban J connectivity index is 1.96. The van der Waals surface area contributed by atoms with Crippen LogP contribution < -0.4 is 4.74 Å². The van der Waals surface area contributed by atoms with Crippen molar-refractivity contribution in [2.24, 2.45) is 0 Å². The minimum absolute atomic E-state index is 0.0359. The summed E-state index contributed by atoms with van der Waals surface area (Å²) >= 11 is 0. The Bertz CT molecular complexity index is 657. The first-order chi connectivity index (χ1) is 9.24. The monoisotopic (exact) mass is 254 g/mol. The van der Waals surface area contributed by atoms with Crippen molar-refractivity contribution < 1.29 is 13.9 Å². The molecule has 0 atom stereocenters. The van der Waals surface area contributed by atoms with Crippen LogP contribution in [0.3, 0.4) is 0 Å². The van der Waals surface area contributed by atoms with Crippen LogP contribution in [0.4, 0.5) is 4.39 Å². The molecular formula is C16H11FO2. The van der Waals surface area contributed by atoms with Gasteiger partial charge in [-0.05, 0) is 35.9 Å². The molecule has 2 aromatic rings. The number of fused-ring (bicyclic) bond motifs is 1.